The van der Waals surface area contributed by atoms with E-state index in [4.69, 9.17) is 4.74 Å². The van der Waals surface area contributed by atoms with Gasteiger partial charge in [0.05, 0.1) is 17.1 Å². The van der Waals surface area contributed by atoms with Gasteiger partial charge in [-0.15, -0.1) is 0 Å². The summed E-state index contributed by atoms with van der Waals surface area (Å²) in [5.41, 5.74) is 3.16. The van der Waals surface area contributed by atoms with Crippen LogP contribution >= 0.6 is 0 Å². The molecule has 1 unspecified atom stereocenters. The van der Waals surface area contributed by atoms with Gasteiger partial charge in [0.15, 0.2) is 0 Å². The lowest BCUT2D eigenvalue weighted by molar-refractivity contribution is 0.110. The molecule has 1 aromatic carbocycles. The third-order valence-corrected chi connectivity index (χ3v) is 4.06. The molecule has 1 saturated heterocycles. The largest absolute Gasteiger partial charge is 0.377 e. The lowest BCUT2D eigenvalue weighted by Crippen LogP contribution is -2.25. The molecule has 5 heteroatoms. The molecule has 0 saturated carbocycles. The average Bonchev–Trinajstić information content (AvgIpc) is 3.04. The highest BCUT2D eigenvalue weighted by Crippen LogP contribution is 2.14. The smallest absolute Gasteiger partial charge is 0.328 e. The second kappa shape index (κ2) is 5.42. The second-order valence-electron chi connectivity index (χ2n) is 5.49. The van der Waals surface area contributed by atoms with E-state index in [1.807, 2.05) is 13.1 Å². The van der Waals surface area contributed by atoms with E-state index in [1.165, 1.54) is 12.0 Å². The number of hydrogen-bond acceptors (Lipinski definition) is 3. The van der Waals surface area contributed by atoms with Crippen LogP contribution in [0.3, 0.4) is 0 Å². The van der Waals surface area contributed by atoms with Crippen molar-refractivity contribution in [1.82, 2.24) is 14.5 Å². The van der Waals surface area contributed by atoms with Crippen molar-refractivity contribution < 1.29 is 4.74 Å². The molecular formula is C15H21N3O2. The number of imidazole rings is 1. The van der Waals surface area contributed by atoms with Crippen LogP contribution in [0.25, 0.3) is 11.0 Å². The number of nitrogens with one attached hydrogen (secondary N) is 1. The third kappa shape index (κ3) is 2.39. The maximum Gasteiger partial charge on any atom is 0.328 e. The summed E-state index contributed by atoms with van der Waals surface area (Å²) in [7, 11) is 3.62. The zero-order chi connectivity index (χ0) is 14.1. The highest BCUT2D eigenvalue weighted by Gasteiger charge is 2.14. The first-order valence-electron chi connectivity index (χ1n) is 7.13. The Bertz CT molecular complexity index is 666. The number of nitrogens with zero attached hydrogens (tertiary/aromatic N) is 2. The number of aryl methyl sites for hydroxylation is 2. The van der Waals surface area contributed by atoms with Crippen molar-refractivity contribution in [2.45, 2.75) is 25.5 Å². The number of rotatable bonds is 4. The number of ether oxygens (including phenoxy) is 1. The summed E-state index contributed by atoms with van der Waals surface area (Å²) < 4.78 is 8.96. The minimum absolute atomic E-state index is 0.0180. The molecule has 1 atom stereocenters. The van der Waals surface area contributed by atoms with Gasteiger partial charge < -0.3 is 10.1 Å². The fourth-order valence-electron chi connectivity index (χ4n) is 2.85. The van der Waals surface area contributed by atoms with Crippen LogP contribution < -0.4 is 11.0 Å². The molecule has 0 amide bonds. The summed E-state index contributed by atoms with van der Waals surface area (Å²) in [6.45, 7) is 2.59. The predicted molar refractivity (Wildman–Crippen MR) is 78.8 cm³/mol. The van der Waals surface area contributed by atoms with Crippen molar-refractivity contribution in [3.05, 3.63) is 34.2 Å². The molecule has 0 bridgehead atoms. The Hall–Kier alpha value is -1.59. The van der Waals surface area contributed by atoms with Gasteiger partial charge in [-0.3, -0.25) is 9.13 Å². The normalized spacial score (nSPS) is 19.0. The van der Waals surface area contributed by atoms with Gasteiger partial charge in [-0.05, 0) is 30.5 Å². The SMILES string of the molecule is Cn1c(=O)n(C)c2cc(CNCC3CCCO3)ccc21. The van der Waals surface area contributed by atoms with Crippen LogP contribution in [-0.4, -0.2) is 28.4 Å². The number of benzene rings is 1. The van der Waals surface area contributed by atoms with E-state index in [0.29, 0.717) is 6.10 Å². The monoisotopic (exact) mass is 275 g/mol. The van der Waals surface area contributed by atoms with Crippen molar-refractivity contribution in [3.63, 3.8) is 0 Å². The summed E-state index contributed by atoms with van der Waals surface area (Å²) >= 11 is 0. The zero-order valence-corrected chi connectivity index (χ0v) is 12.1. The van der Waals surface area contributed by atoms with Gasteiger partial charge in [-0.1, -0.05) is 6.07 Å². The molecule has 1 aliphatic rings. The number of fused-ring (bicyclic) bond motifs is 1. The second-order valence-corrected chi connectivity index (χ2v) is 5.49. The predicted octanol–water partition coefficient (Wildman–Crippen LogP) is 1.15. The summed E-state index contributed by atoms with van der Waals surface area (Å²) in [4.78, 5) is 11.9. The molecule has 5 nitrogen and oxygen atoms in total. The first-order chi connectivity index (χ1) is 9.66. The van der Waals surface area contributed by atoms with Crippen LogP contribution in [0.2, 0.25) is 0 Å². The Morgan fingerprint density at radius 2 is 2.10 bits per heavy atom. The summed E-state index contributed by atoms with van der Waals surface area (Å²) in [5.74, 6) is 0. The van der Waals surface area contributed by atoms with E-state index >= 15 is 0 Å². The Morgan fingerprint density at radius 3 is 2.85 bits per heavy atom. The molecule has 108 valence electrons. The van der Waals surface area contributed by atoms with Crippen LogP contribution in [0.1, 0.15) is 18.4 Å². The van der Waals surface area contributed by atoms with Crippen LogP contribution in [0.5, 0.6) is 0 Å². The molecule has 0 spiro atoms. The van der Waals surface area contributed by atoms with Gasteiger partial charge in [0, 0.05) is 33.8 Å². The fourth-order valence-corrected chi connectivity index (χ4v) is 2.85. The molecule has 1 aromatic heterocycles. The fraction of sp³-hybridized carbons (Fsp3) is 0.533. The topological polar surface area (TPSA) is 48.2 Å². The zero-order valence-electron chi connectivity index (χ0n) is 12.1. The molecule has 20 heavy (non-hydrogen) atoms. The van der Waals surface area contributed by atoms with E-state index < -0.39 is 0 Å². The van der Waals surface area contributed by atoms with E-state index in [9.17, 15) is 4.79 Å². The molecule has 0 radical (unpaired) electrons. The summed E-state index contributed by atoms with van der Waals surface area (Å²) in [6.07, 6.45) is 2.68. The van der Waals surface area contributed by atoms with Gasteiger partial charge in [-0.25, -0.2) is 4.79 Å². The maximum absolute atomic E-state index is 11.9. The highest BCUT2D eigenvalue weighted by atomic mass is 16.5. The maximum atomic E-state index is 11.9. The minimum atomic E-state index is 0.0180. The van der Waals surface area contributed by atoms with Crippen molar-refractivity contribution in [1.29, 1.82) is 0 Å². The Kier molecular flexibility index (Phi) is 3.63. The van der Waals surface area contributed by atoms with Crippen LogP contribution in [0.4, 0.5) is 0 Å². The molecule has 0 aliphatic carbocycles. The van der Waals surface area contributed by atoms with E-state index in [1.54, 1.807) is 16.2 Å². The third-order valence-electron chi connectivity index (χ3n) is 4.06. The highest BCUT2D eigenvalue weighted by molar-refractivity contribution is 5.76. The van der Waals surface area contributed by atoms with Crippen LogP contribution in [0, 0.1) is 0 Å². The Morgan fingerprint density at radius 1 is 1.30 bits per heavy atom. The average molecular weight is 275 g/mol. The molecule has 1 aliphatic heterocycles. The molecule has 2 heterocycles. The van der Waals surface area contributed by atoms with Gasteiger partial charge in [0.25, 0.3) is 0 Å². The first kappa shape index (κ1) is 13.4. The quantitative estimate of drug-likeness (QED) is 0.910. The molecule has 1 fully saturated rings. The van der Waals surface area contributed by atoms with Crippen LogP contribution in [-0.2, 0) is 25.4 Å². The van der Waals surface area contributed by atoms with E-state index in [-0.39, 0.29) is 5.69 Å². The lowest BCUT2D eigenvalue weighted by atomic mass is 10.2. The van der Waals surface area contributed by atoms with Gasteiger partial charge in [0.2, 0.25) is 0 Å². The minimum Gasteiger partial charge on any atom is -0.377 e. The molecular weight excluding hydrogens is 254 g/mol. The number of aromatic nitrogens is 2. The van der Waals surface area contributed by atoms with Gasteiger partial charge >= 0.3 is 5.69 Å². The lowest BCUT2D eigenvalue weighted by Gasteiger charge is -2.10. The Labute approximate surface area is 118 Å². The molecule has 3 rings (SSSR count). The van der Waals surface area contributed by atoms with E-state index in [2.05, 4.69) is 17.4 Å². The van der Waals surface area contributed by atoms with E-state index in [0.717, 1.165) is 37.2 Å². The summed E-state index contributed by atoms with van der Waals surface area (Å²) in [6, 6.07) is 6.17. The van der Waals surface area contributed by atoms with Gasteiger partial charge in [0.1, 0.15) is 0 Å². The Balaban J connectivity index is 1.72. The molecule has 1 N–H and O–H groups in total. The van der Waals surface area contributed by atoms with Crippen molar-refractivity contribution in [3.8, 4) is 0 Å². The molecule has 2 aromatic rings. The van der Waals surface area contributed by atoms with Gasteiger partial charge in [-0.2, -0.15) is 0 Å². The first-order valence-corrected chi connectivity index (χ1v) is 7.13. The van der Waals surface area contributed by atoms with Crippen molar-refractivity contribution >= 4 is 11.0 Å². The standard InChI is InChI=1S/C15H21N3O2/c1-17-13-6-5-11(8-14(13)18(2)15(17)19)9-16-10-12-4-3-7-20-12/h5-6,8,12,16H,3-4,7,9-10H2,1-2H3. The van der Waals surface area contributed by atoms with Crippen molar-refractivity contribution in [2.75, 3.05) is 13.2 Å². The van der Waals surface area contributed by atoms with Crippen LogP contribution in [0.15, 0.2) is 23.0 Å². The summed E-state index contributed by atoms with van der Waals surface area (Å²) in [5, 5.41) is 3.43. The number of hydrogen-bond donors (Lipinski definition) is 1. The van der Waals surface area contributed by atoms with Crippen molar-refractivity contribution in [2.24, 2.45) is 14.1 Å².